The molecule has 0 aliphatic heterocycles. The van der Waals surface area contributed by atoms with Crippen LogP contribution in [0.5, 0.6) is 11.5 Å². The largest absolute Gasteiger partial charge is 0.493 e. The lowest BCUT2D eigenvalue weighted by Crippen LogP contribution is -2.43. The van der Waals surface area contributed by atoms with Crippen LogP contribution in [-0.2, 0) is 0 Å². The number of hydrogen-bond donors (Lipinski definition) is 1. The summed E-state index contributed by atoms with van der Waals surface area (Å²) in [6.07, 6.45) is 3.45. The normalized spacial score (nSPS) is 22.7. The monoisotopic (exact) mass is 374 g/mol. The third-order valence-corrected chi connectivity index (χ3v) is 6.27. The molecule has 1 heterocycles. The van der Waals surface area contributed by atoms with Gasteiger partial charge in [-0.25, -0.2) is 4.98 Å². The predicted molar refractivity (Wildman–Crippen MR) is 104 cm³/mol. The summed E-state index contributed by atoms with van der Waals surface area (Å²) in [5.74, 6) is 2.31. The van der Waals surface area contributed by atoms with Crippen molar-refractivity contribution in [2.75, 3.05) is 14.2 Å². The molecule has 1 N–H and O–H groups in total. The molecule has 140 valence electrons. The van der Waals surface area contributed by atoms with Gasteiger partial charge in [0.05, 0.1) is 19.8 Å². The number of methoxy groups -OCH3 is 2. The van der Waals surface area contributed by atoms with Crippen LogP contribution < -0.4 is 14.8 Å². The lowest BCUT2D eigenvalue weighted by molar-refractivity contribution is 0.0887. The van der Waals surface area contributed by atoms with Crippen LogP contribution in [0.25, 0.3) is 10.6 Å². The van der Waals surface area contributed by atoms with Gasteiger partial charge in [0.2, 0.25) is 0 Å². The number of carbonyl (C=O) groups is 1. The van der Waals surface area contributed by atoms with Crippen LogP contribution in [0.4, 0.5) is 0 Å². The molecule has 0 saturated heterocycles. The Morgan fingerprint density at radius 2 is 2.04 bits per heavy atom. The van der Waals surface area contributed by atoms with Crippen molar-refractivity contribution in [2.45, 2.75) is 39.2 Å². The Morgan fingerprint density at radius 3 is 2.77 bits per heavy atom. The highest BCUT2D eigenvalue weighted by Gasteiger charge is 2.29. The van der Waals surface area contributed by atoms with Crippen LogP contribution in [0.1, 0.15) is 43.6 Å². The minimum Gasteiger partial charge on any atom is -0.493 e. The Hall–Kier alpha value is -2.08. The van der Waals surface area contributed by atoms with Gasteiger partial charge in [-0.3, -0.25) is 4.79 Å². The van der Waals surface area contributed by atoms with Crippen LogP contribution in [-0.4, -0.2) is 31.2 Å². The minimum atomic E-state index is -0.0969. The number of para-hydroxylation sites is 1. The standard InChI is InChI=1S/C20H26N2O3S/c1-12-7-5-9-15(13(12)2)21-19(23)16-11-26-20(22-16)14-8-6-10-17(24-3)18(14)25-4/h6,8,10-13,15H,5,7,9H2,1-4H3,(H,21,23). The Labute approximate surface area is 158 Å². The third-order valence-electron chi connectivity index (χ3n) is 5.39. The quantitative estimate of drug-likeness (QED) is 0.844. The van der Waals surface area contributed by atoms with Gasteiger partial charge in [-0.1, -0.05) is 32.8 Å². The smallest absolute Gasteiger partial charge is 0.271 e. The molecule has 1 aromatic heterocycles. The average molecular weight is 375 g/mol. The Bertz CT molecular complexity index is 774. The molecule has 3 rings (SSSR count). The fourth-order valence-corrected chi connectivity index (χ4v) is 4.41. The highest BCUT2D eigenvalue weighted by atomic mass is 32.1. The summed E-state index contributed by atoms with van der Waals surface area (Å²) in [7, 11) is 3.21. The molecule has 0 spiro atoms. The molecule has 6 heteroatoms. The first-order valence-corrected chi connectivity index (χ1v) is 9.90. The molecular formula is C20H26N2O3S. The van der Waals surface area contributed by atoms with E-state index < -0.39 is 0 Å². The van der Waals surface area contributed by atoms with E-state index in [4.69, 9.17) is 9.47 Å². The molecule has 3 atom stereocenters. The molecular weight excluding hydrogens is 348 g/mol. The second kappa shape index (κ2) is 8.08. The van der Waals surface area contributed by atoms with E-state index >= 15 is 0 Å². The summed E-state index contributed by atoms with van der Waals surface area (Å²) < 4.78 is 10.8. The molecule has 0 radical (unpaired) electrons. The SMILES string of the molecule is COc1cccc(-c2nc(C(=O)NC3CCCC(C)C3C)cs2)c1OC. The van der Waals surface area contributed by atoms with Crippen LogP contribution in [0.2, 0.25) is 0 Å². The number of rotatable bonds is 5. The minimum absolute atomic E-state index is 0.0969. The second-order valence-corrected chi connectivity index (χ2v) is 7.78. The van der Waals surface area contributed by atoms with Gasteiger partial charge in [-0.2, -0.15) is 0 Å². The fourth-order valence-electron chi connectivity index (χ4n) is 3.59. The fraction of sp³-hybridized carbons (Fsp3) is 0.500. The number of aromatic nitrogens is 1. The van der Waals surface area contributed by atoms with Gasteiger partial charge in [0.25, 0.3) is 5.91 Å². The van der Waals surface area contributed by atoms with E-state index in [1.165, 1.54) is 24.2 Å². The van der Waals surface area contributed by atoms with Gasteiger partial charge < -0.3 is 14.8 Å². The van der Waals surface area contributed by atoms with E-state index in [0.717, 1.165) is 17.0 Å². The van der Waals surface area contributed by atoms with Crippen LogP contribution >= 0.6 is 11.3 Å². The van der Waals surface area contributed by atoms with E-state index in [1.54, 1.807) is 19.6 Å². The van der Waals surface area contributed by atoms with E-state index in [9.17, 15) is 4.79 Å². The lowest BCUT2D eigenvalue weighted by Gasteiger charge is -2.34. The highest BCUT2D eigenvalue weighted by Crippen LogP contribution is 2.39. The van der Waals surface area contributed by atoms with Crippen LogP contribution in [0.3, 0.4) is 0 Å². The molecule has 1 amide bonds. The first kappa shape index (κ1) is 18.7. The zero-order valence-corrected chi connectivity index (χ0v) is 16.6. The van der Waals surface area contributed by atoms with Crippen molar-refractivity contribution in [1.82, 2.24) is 10.3 Å². The summed E-state index contributed by atoms with van der Waals surface area (Å²) in [4.78, 5) is 17.2. The Morgan fingerprint density at radius 1 is 1.23 bits per heavy atom. The molecule has 26 heavy (non-hydrogen) atoms. The maximum absolute atomic E-state index is 12.7. The van der Waals surface area contributed by atoms with Gasteiger partial charge in [-0.05, 0) is 30.4 Å². The van der Waals surface area contributed by atoms with Crippen molar-refractivity contribution in [2.24, 2.45) is 11.8 Å². The van der Waals surface area contributed by atoms with Gasteiger partial charge in [-0.15, -0.1) is 11.3 Å². The van der Waals surface area contributed by atoms with Crippen molar-refractivity contribution in [3.8, 4) is 22.1 Å². The summed E-state index contributed by atoms with van der Waals surface area (Å²) in [6, 6.07) is 5.88. The number of thiazole rings is 1. The van der Waals surface area contributed by atoms with E-state index in [-0.39, 0.29) is 11.9 Å². The molecule has 1 saturated carbocycles. The Kier molecular flexibility index (Phi) is 5.81. The van der Waals surface area contributed by atoms with Crippen molar-refractivity contribution in [1.29, 1.82) is 0 Å². The molecule has 3 unspecified atom stereocenters. The number of nitrogens with one attached hydrogen (secondary N) is 1. The number of nitrogens with zero attached hydrogens (tertiary/aromatic N) is 1. The van der Waals surface area contributed by atoms with E-state index in [1.807, 2.05) is 18.2 Å². The maximum atomic E-state index is 12.7. The van der Waals surface area contributed by atoms with Crippen LogP contribution in [0.15, 0.2) is 23.6 Å². The molecule has 1 aliphatic carbocycles. The topological polar surface area (TPSA) is 60.5 Å². The zero-order valence-electron chi connectivity index (χ0n) is 15.7. The van der Waals surface area contributed by atoms with Gasteiger partial charge in [0, 0.05) is 11.4 Å². The summed E-state index contributed by atoms with van der Waals surface area (Å²) in [5.41, 5.74) is 1.29. The van der Waals surface area contributed by atoms with E-state index in [2.05, 4.69) is 24.1 Å². The first-order valence-electron chi connectivity index (χ1n) is 9.03. The number of hydrogen-bond acceptors (Lipinski definition) is 5. The van der Waals surface area contributed by atoms with Crippen molar-refractivity contribution < 1.29 is 14.3 Å². The maximum Gasteiger partial charge on any atom is 0.271 e. The van der Waals surface area contributed by atoms with Crippen molar-refractivity contribution in [3.05, 3.63) is 29.3 Å². The van der Waals surface area contributed by atoms with Gasteiger partial charge >= 0.3 is 0 Å². The molecule has 1 aliphatic rings. The van der Waals surface area contributed by atoms with E-state index in [0.29, 0.717) is 29.0 Å². The molecule has 5 nitrogen and oxygen atoms in total. The molecule has 0 bridgehead atoms. The number of benzene rings is 1. The van der Waals surface area contributed by atoms with Gasteiger partial charge in [0.15, 0.2) is 11.5 Å². The van der Waals surface area contributed by atoms with Crippen molar-refractivity contribution in [3.63, 3.8) is 0 Å². The van der Waals surface area contributed by atoms with Crippen LogP contribution in [0, 0.1) is 11.8 Å². The van der Waals surface area contributed by atoms with Gasteiger partial charge in [0.1, 0.15) is 10.7 Å². The molecule has 1 fully saturated rings. The zero-order chi connectivity index (χ0) is 18.7. The molecule has 2 aromatic rings. The third kappa shape index (κ3) is 3.70. The second-order valence-electron chi connectivity index (χ2n) is 6.93. The highest BCUT2D eigenvalue weighted by molar-refractivity contribution is 7.13. The first-order chi connectivity index (χ1) is 12.5. The summed E-state index contributed by atoms with van der Waals surface area (Å²) >= 11 is 1.44. The number of amides is 1. The lowest BCUT2D eigenvalue weighted by atomic mass is 9.78. The number of ether oxygens (including phenoxy) is 2. The summed E-state index contributed by atoms with van der Waals surface area (Å²) in [5, 5.41) is 5.73. The van der Waals surface area contributed by atoms with Crippen molar-refractivity contribution >= 4 is 17.2 Å². The predicted octanol–water partition coefficient (Wildman–Crippen LogP) is 4.38. The average Bonchev–Trinajstić information content (AvgIpc) is 3.14. The Balaban J connectivity index is 1.79. The number of carbonyl (C=O) groups excluding carboxylic acids is 1. The summed E-state index contributed by atoms with van der Waals surface area (Å²) in [6.45, 7) is 4.49. The molecule has 1 aromatic carbocycles.